The van der Waals surface area contributed by atoms with Gasteiger partial charge >= 0.3 is 5.97 Å². The van der Waals surface area contributed by atoms with Crippen LogP contribution >= 0.6 is 0 Å². The summed E-state index contributed by atoms with van der Waals surface area (Å²) in [5, 5.41) is 2.80. The topological polar surface area (TPSA) is 105 Å². The molecule has 4 aliphatic heterocycles. The number of amides is 1. The van der Waals surface area contributed by atoms with Crippen molar-refractivity contribution in [2.24, 2.45) is 23.7 Å². The molecule has 1 aromatic rings. The number of nitrogens with zero attached hydrogens (tertiary/aromatic N) is 1. The Morgan fingerprint density at radius 3 is 2.82 bits per heavy atom. The third kappa shape index (κ3) is 4.23. The summed E-state index contributed by atoms with van der Waals surface area (Å²) in [5.41, 5.74) is 0.205. The van der Waals surface area contributed by atoms with Crippen LogP contribution in [-0.2, 0) is 40.1 Å². The van der Waals surface area contributed by atoms with E-state index in [0.717, 1.165) is 31.2 Å². The third-order valence-electron chi connectivity index (χ3n) is 8.11. The second-order valence-corrected chi connectivity index (χ2v) is 10.4. The lowest BCUT2D eigenvalue weighted by Gasteiger charge is -2.59. The summed E-state index contributed by atoms with van der Waals surface area (Å²) in [6, 6.07) is 3.69. The van der Waals surface area contributed by atoms with E-state index >= 15 is 0 Å². The number of nitrogens with one attached hydrogen (secondary N) is 1. The first-order valence-electron chi connectivity index (χ1n) is 12.4. The Kier molecular flexibility index (Phi) is 6.39. The van der Waals surface area contributed by atoms with E-state index in [0.29, 0.717) is 12.5 Å². The van der Waals surface area contributed by atoms with Gasteiger partial charge in [0.1, 0.15) is 0 Å². The molecule has 9 nitrogen and oxygen atoms in total. The molecule has 34 heavy (non-hydrogen) atoms. The summed E-state index contributed by atoms with van der Waals surface area (Å²) < 4.78 is 18.3. The van der Waals surface area contributed by atoms with E-state index in [9.17, 15) is 9.59 Å². The van der Waals surface area contributed by atoms with Gasteiger partial charge in [-0.05, 0) is 49.7 Å². The number of fused-ring (bicyclic) bond motifs is 2. The summed E-state index contributed by atoms with van der Waals surface area (Å²) >= 11 is 0. The van der Waals surface area contributed by atoms with Crippen LogP contribution in [0, 0.1) is 23.7 Å². The van der Waals surface area contributed by atoms with Crippen molar-refractivity contribution in [1.82, 2.24) is 10.3 Å². The normalized spacial score (nSPS) is 40.7. The largest absolute Gasteiger partial charge is 0.435 e. The fourth-order valence-corrected chi connectivity index (χ4v) is 6.20. The number of esters is 1. The van der Waals surface area contributed by atoms with Gasteiger partial charge in [0.05, 0.1) is 6.42 Å². The molecule has 5 aliphatic rings. The molecule has 0 unspecified atom stereocenters. The average Bonchev–Trinajstić information content (AvgIpc) is 3.06. The molecule has 1 saturated carbocycles. The molecule has 4 saturated heterocycles. The quantitative estimate of drug-likeness (QED) is 0.495. The number of rotatable bonds is 6. The number of carbonyl (C=O) groups excluding carboxylic acids is 2. The molecule has 8 atom stereocenters. The van der Waals surface area contributed by atoms with Crippen LogP contribution in [0.15, 0.2) is 24.5 Å². The van der Waals surface area contributed by atoms with Gasteiger partial charge in [0, 0.05) is 43.6 Å². The van der Waals surface area contributed by atoms with Crippen LogP contribution in [-0.4, -0.2) is 40.8 Å². The van der Waals surface area contributed by atoms with Gasteiger partial charge in [0.15, 0.2) is 11.9 Å². The highest BCUT2D eigenvalue weighted by molar-refractivity contribution is 5.81. The summed E-state index contributed by atoms with van der Waals surface area (Å²) in [4.78, 5) is 40.7. The van der Waals surface area contributed by atoms with Gasteiger partial charge in [-0.1, -0.05) is 19.9 Å². The number of hydrogen-bond donors (Lipinski definition) is 1. The van der Waals surface area contributed by atoms with Crippen molar-refractivity contribution in [3.05, 3.63) is 30.1 Å². The lowest BCUT2D eigenvalue weighted by atomic mass is 9.58. The summed E-state index contributed by atoms with van der Waals surface area (Å²) in [6.45, 7) is 6.52. The Bertz CT molecular complexity index is 914. The van der Waals surface area contributed by atoms with E-state index in [1.807, 2.05) is 26.0 Å². The zero-order chi connectivity index (χ0) is 23.9. The van der Waals surface area contributed by atoms with Crippen molar-refractivity contribution in [3.63, 3.8) is 0 Å². The molecular weight excluding hydrogens is 440 g/mol. The molecule has 1 aliphatic carbocycles. The molecule has 0 aromatic carbocycles. The van der Waals surface area contributed by atoms with Crippen molar-refractivity contribution in [1.29, 1.82) is 0 Å². The van der Waals surface area contributed by atoms with Crippen molar-refractivity contribution >= 4 is 11.9 Å². The third-order valence-corrected chi connectivity index (χ3v) is 8.11. The van der Waals surface area contributed by atoms with Gasteiger partial charge in [-0.3, -0.25) is 14.6 Å². The first kappa shape index (κ1) is 23.7. The SMILES string of the molecule is C[C@H]1[C@H](OC(=O)CCC(=O)NCc2cccnc2)O[C@@H]2O[C@@]3(C)CC[C@H]4[C@H](C)CC[C@@H]1[C@]24OO3. The number of ether oxygens (including phenoxy) is 3. The van der Waals surface area contributed by atoms with E-state index in [4.69, 9.17) is 24.0 Å². The number of hydrogen-bond acceptors (Lipinski definition) is 8. The maximum Gasteiger partial charge on any atom is 0.308 e. The summed E-state index contributed by atoms with van der Waals surface area (Å²) in [5.74, 6) is -0.856. The molecule has 9 heteroatoms. The van der Waals surface area contributed by atoms with Gasteiger partial charge in [0.25, 0.3) is 0 Å². The molecular formula is C25H34N2O7. The highest BCUT2D eigenvalue weighted by Crippen LogP contribution is 2.60. The van der Waals surface area contributed by atoms with Crippen molar-refractivity contribution in [3.8, 4) is 0 Å². The fraction of sp³-hybridized carbons (Fsp3) is 0.720. The standard InChI is InChI=1S/C25H34N2O7/c1-15-6-7-19-16(2)22(31-23-25(19)18(15)10-11-24(3,32-23)33-34-25)30-21(29)9-8-20(28)27-14-17-5-4-12-26-13-17/h4-5,12-13,15-16,18-19,22-23H,6-11,14H2,1-3H3,(H,27,28)/t15-,16-,18+,19+,22-,23-,24-,25+/m1/s1. The monoisotopic (exact) mass is 474 g/mol. The summed E-state index contributed by atoms with van der Waals surface area (Å²) in [6.07, 6.45) is 5.64. The van der Waals surface area contributed by atoms with Gasteiger partial charge in [-0.2, -0.15) is 0 Å². The van der Waals surface area contributed by atoms with E-state index in [1.165, 1.54) is 0 Å². The van der Waals surface area contributed by atoms with Crippen LogP contribution in [0.2, 0.25) is 0 Å². The van der Waals surface area contributed by atoms with Crippen molar-refractivity contribution in [2.45, 2.75) is 89.8 Å². The number of pyridine rings is 1. The smallest absolute Gasteiger partial charge is 0.308 e. The molecule has 0 radical (unpaired) electrons. The van der Waals surface area contributed by atoms with Crippen LogP contribution in [0.5, 0.6) is 0 Å². The number of aromatic nitrogens is 1. The van der Waals surface area contributed by atoms with Crippen LogP contribution in [0.1, 0.15) is 64.9 Å². The van der Waals surface area contributed by atoms with Crippen LogP contribution in [0.3, 0.4) is 0 Å². The second kappa shape index (κ2) is 9.18. The molecule has 6 rings (SSSR count). The van der Waals surface area contributed by atoms with E-state index in [-0.39, 0.29) is 36.5 Å². The molecule has 5 heterocycles. The minimum absolute atomic E-state index is 0.0240. The molecule has 2 bridgehead atoms. The van der Waals surface area contributed by atoms with E-state index < -0.39 is 29.9 Å². The second-order valence-electron chi connectivity index (χ2n) is 10.4. The van der Waals surface area contributed by atoms with Gasteiger partial charge in [-0.25, -0.2) is 9.78 Å². The minimum Gasteiger partial charge on any atom is -0.435 e. The Morgan fingerprint density at radius 1 is 1.18 bits per heavy atom. The Labute approximate surface area is 199 Å². The highest BCUT2D eigenvalue weighted by Gasteiger charge is 2.69. The Hall–Kier alpha value is -2.07. The Balaban J connectivity index is 1.20. The predicted molar refractivity (Wildman–Crippen MR) is 118 cm³/mol. The van der Waals surface area contributed by atoms with Crippen LogP contribution < -0.4 is 5.32 Å². The van der Waals surface area contributed by atoms with Gasteiger partial charge in [0.2, 0.25) is 18.0 Å². The first-order chi connectivity index (χ1) is 16.3. The van der Waals surface area contributed by atoms with Crippen LogP contribution in [0.25, 0.3) is 0 Å². The van der Waals surface area contributed by atoms with Crippen molar-refractivity contribution in [2.75, 3.05) is 0 Å². The maximum atomic E-state index is 12.6. The predicted octanol–water partition coefficient (Wildman–Crippen LogP) is 3.23. The maximum absolute atomic E-state index is 12.6. The van der Waals surface area contributed by atoms with E-state index in [1.54, 1.807) is 12.4 Å². The zero-order valence-electron chi connectivity index (χ0n) is 20.0. The molecule has 1 aromatic heterocycles. The van der Waals surface area contributed by atoms with Gasteiger partial charge < -0.3 is 19.5 Å². The Morgan fingerprint density at radius 2 is 2.03 bits per heavy atom. The average molecular weight is 475 g/mol. The molecule has 1 spiro atoms. The van der Waals surface area contributed by atoms with Crippen LogP contribution in [0.4, 0.5) is 0 Å². The molecule has 1 amide bonds. The van der Waals surface area contributed by atoms with Gasteiger partial charge in [-0.15, -0.1) is 0 Å². The zero-order valence-corrected chi connectivity index (χ0v) is 20.0. The fourth-order valence-electron chi connectivity index (χ4n) is 6.20. The highest BCUT2D eigenvalue weighted by atomic mass is 17.3. The lowest BCUT2D eigenvalue weighted by Crippen LogP contribution is -2.70. The number of carbonyl (C=O) groups is 2. The first-order valence-corrected chi connectivity index (χ1v) is 12.4. The molecule has 5 fully saturated rings. The molecule has 1 N–H and O–H groups in total. The summed E-state index contributed by atoms with van der Waals surface area (Å²) in [7, 11) is 0. The lowest BCUT2D eigenvalue weighted by molar-refractivity contribution is -0.576. The van der Waals surface area contributed by atoms with E-state index in [2.05, 4.69) is 17.2 Å². The minimum atomic E-state index is -0.876. The molecule has 186 valence electrons. The van der Waals surface area contributed by atoms with Crippen molar-refractivity contribution < 1.29 is 33.6 Å².